The van der Waals surface area contributed by atoms with E-state index < -0.39 is 21.5 Å². The Balaban J connectivity index is 2.72. The van der Waals surface area contributed by atoms with Crippen molar-refractivity contribution in [1.82, 2.24) is 4.98 Å². The van der Waals surface area contributed by atoms with Crippen LogP contribution in [0.1, 0.15) is 18.7 Å². The van der Waals surface area contributed by atoms with Crippen LogP contribution in [0.5, 0.6) is 0 Å². The minimum atomic E-state index is -1.42. The SMILES string of the molecule is CC(C)(C(=O)O)S(=O)Cc1cncs1. The van der Waals surface area contributed by atoms with Gasteiger partial charge in [-0.25, -0.2) is 0 Å². The zero-order chi connectivity index (χ0) is 10.8. The zero-order valence-electron chi connectivity index (χ0n) is 7.89. The van der Waals surface area contributed by atoms with Crippen molar-refractivity contribution in [3.05, 3.63) is 16.6 Å². The Morgan fingerprint density at radius 1 is 1.71 bits per heavy atom. The molecule has 1 atom stereocenters. The lowest BCUT2D eigenvalue weighted by Gasteiger charge is -2.17. The number of rotatable bonds is 4. The Bertz CT molecular complexity index is 345. The second-order valence-corrected chi connectivity index (χ2v) is 6.24. The summed E-state index contributed by atoms with van der Waals surface area (Å²) in [5, 5.41) is 8.84. The van der Waals surface area contributed by atoms with Gasteiger partial charge in [-0.15, -0.1) is 11.3 Å². The van der Waals surface area contributed by atoms with Crippen molar-refractivity contribution in [3.63, 3.8) is 0 Å². The highest BCUT2D eigenvalue weighted by Gasteiger charge is 2.34. The summed E-state index contributed by atoms with van der Waals surface area (Å²) < 4.78 is 10.5. The summed E-state index contributed by atoms with van der Waals surface area (Å²) in [7, 11) is -1.42. The van der Waals surface area contributed by atoms with Gasteiger partial charge < -0.3 is 5.11 Å². The molecule has 0 amide bonds. The summed E-state index contributed by atoms with van der Waals surface area (Å²) >= 11 is 1.38. The van der Waals surface area contributed by atoms with E-state index in [0.717, 1.165) is 4.88 Å². The molecule has 0 bridgehead atoms. The molecule has 6 heteroatoms. The summed E-state index contributed by atoms with van der Waals surface area (Å²) in [4.78, 5) is 15.5. The van der Waals surface area contributed by atoms with E-state index in [4.69, 9.17) is 5.11 Å². The molecule has 0 fully saturated rings. The number of carboxylic acids is 1. The monoisotopic (exact) mass is 233 g/mol. The van der Waals surface area contributed by atoms with E-state index in [1.165, 1.54) is 25.2 Å². The van der Waals surface area contributed by atoms with Gasteiger partial charge in [-0.2, -0.15) is 0 Å². The summed E-state index contributed by atoms with van der Waals surface area (Å²) in [5.41, 5.74) is 1.64. The third-order valence-electron chi connectivity index (χ3n) is 1.84. The molecule has 0 aliphatic rings. The lowest BCUT2D eigenvalue weighted by atomic mass is 10.2. The lowest BCUT2D eigenvalue weighted by Crippen LogP contribution is -2.36. The largest absolute Gasteiger partial charge is 0.480 e. The van der Waals surface area contributed by atoms with Gasteiger partial charge in [0.05, 0.1) is 11.3 Å². The fraction of sp³-hybridized carbons (Fsp3) is 0.500. The number of nitrogens with zero attached hydrogens (tertiary/aromatic N) is 1. The Kier molecular flexibility index (Phi) is 3.38. The van der Waals surface area contributed by atoms with Gasteiger partial charge in [0.1, 0.15) is 4.75 Å². The summed E-state index contributed by atoms with van der Waals surface area (Å²) in [6, 6.07) is 0. The highest BCUT2D eigenvalue weighted by molar-refractivity contribution is 7.86. The predicted octanol–water partition coefficient (Wildman–Crippen LogP) is 1.26. The molecule has 0 saturated heterocycles. The molecule has 0 saturated carbocycles. The van der Waals surface area contributed by atoms with Crippen LogP contribution in [-0.2, 0) is 21.3 Å². The molecule has 0 spiro atoms. The van der Waals surface area contributed by atoms with Gasteiger partial charge in [-0.3, -0.25) is 14.0 Å². The Morgan fingerprint density at radius 2 is 2.36 bits per heavy atom. The average Bonchev–Trinajstić information content (AvgIpc) is 2.56. The first-order valence-electron chi connectivity index (χ1n) is 3.94. The number of aliphatic carboxylic acids is 1. The first kappa shape index (κ1) is 11.3. The maximum atomic E-state index is 11.7. The quantitative estimate of drug-likeness (QED) is 0.850. The summed E-state index contributed by atoms with van der Waals surface area (Å²) in [6.07, 6.45) is 1.61. The van der Waals surface area contributed by atoms with Gasteiger partial charge >= 0.3 is 5.97 Å². The zero-order valence-corrected chi connectivity index (χ0v) is 9.52. The van der Waals surface area contributed by atoms with Crippen LogP contribution in [0.3, 0.4) is 0 Å². The lowest BCUT2D eigenvalue weighted by molar-refractivity contribution is -0.139. The second-order valence-electron chi connectivity index (χ2n) is 3.27. The highest BCUT2D eigenvalue weighted by atomic mass is 32.2. The number of hydrogen-bond acceptors (Lipinski definition) is 4. The van der Waals surface area contributed by atoms with Gasteiger partial charge in [0.15, 0.2) is 0 Å². The second kappa shape index (κ2) is 4.18. The molecule has 1 aromatic heterocycles. The van der Waals surface area contributed by atoms with E-state index in [2.05, 4.69) is 4.98 Å². The standard InChI is InChI=1S/C8H11NO3S2/c1-8(2,7(10)11)14(12)4-6-3-9-5-13-6/h3,5H,4H2,1-2H3,(H,10,11). The van der Waals surface area contributed by atoms with Crippen molar-refractivity contribution in [3.8, 4) is 0 Å². The maximum absolute atomic E-state index is 11.7. The molecule has 78 valence electrons. The molecule has 0 radical (unpaired) electrons. The molecule has 14 heavy (non-hydrogen) atoms. The molecule has 0 aromatic carbocycles. The van der Waals surface area contributed by atoms with Crippen molar-refractivity contribution in [1.29, 1.82) is 0 Å². The van der Waals surface area contributed by atoms with Crippen LogP contribution in [-0.4, -0.2) is 25.0 Å². The molecule has 1 unspecified atom stereocenters. The molecule has 0 aliphatic heterocycles. The van der Waals surface area contributed by atoms with Crippen molar-refractivity contribution in [2.45, 2.75) is 24.3 Å². The number of hydrogen-bond donors (Lipinski definition) is 1. The van der Waals surface area contributed by atoms with Crippen molar-refractivity contribution in [2.24, 2.45) is 0 Å². The van der Waals surface area contributed by atoms with Crippen molar-refractivity contribution < 1.29 is 14.1 Å². The Morgan fingerprint density at radius 3 is 2.79 bits per heavy atom. The van der Waals surface area contributed by atoms with Gasteiger partial charge in [0, 0.05) is 21.9 Å². The minimum Gasteiger partial charge on any atom is -0.480 e. The number of aromatic nitrogens is 1. The van der Waals surface area contributed by atoms with E-state index >= 15 is 0 Å². The molecular formula is C8H11NO3S2. The van der Waals surface area contributed by atoms with Crippen LogP contribution < -0.4 is 0 Å². The smallest absolute Gasteiger partial charge is 0.321 e. The van der Waals surface area contributed by atoms with Gasteiger partial charge in [0.2, 0.25) is 0 Å². The van der Waals surface area contributed by atoms with Crippen molar-refractivity contribution in [2.75, 3.05) is 0 Å². The van der Waals surface area contributed by atoms with Gasteiger partial charge in [-0.1, -0.05) is 0 Å². The first-order valence-corrected chi connectivity index (χ1v) is 6.13. The summed E-state index contributed by atoms with van der Waals surface area (Å²) in [5.74, 6) is -0.787. The van der Waals surface area contributed by atoms with Crippen LogP contribution >= 0.6 is 11.3 Å². The molecule has 1 N–H and O–H groups in total. The highest BCUT2D eigenvalue weighted by Crippen LogP contribution is 2.19. The first-order chi connectivity index (χ1) is 6.44. The van der Waals surface area contributed by atoms with Crippen LogP contribution in [0.4, 0.5) is 0 Å². The number of carboxylic acid groups (broad SMARTS) is 1. The predicted molar refractivity (Wildman–Crippen MR) is 55.7 cm³/mol. The molecule has 1 rings (SSSR count). The Labute approximate surface area is 88.4 Å². The van der Waals surface area contributed by atoms with Gasteiger partial charge in [-0.05, 0) is 13.8 Å². The van der Waals surface area contributed by atoms with Gasteiger partial charge in [0.25, 0.3) is 0 Å². The average molecular weight is 233 g/mol. The fourth-order valence-corrected chi connectivity index (χ4v) is 2.58. The fourth-order valence-electron chi connectivity index (χ4n) is 0.720. The molecule has 1 heterocycles. The van der Waals surface area contributed by atoms with Crippen LogP contribution in [0.25, 0.3) is 0 Å². The molecule has 1 aromatic rings. The topological polar surface area (TPSA) is 67.3 Å². The van der Waals surface area contributed by atoms with E-state index in [-0.39, 0.29) is 5.75 Å². The number of carbonyl (C=O) groups is 1. The molecular weight excluding hydrogens is 222 g/mol. The van der Waals surface area contributed by atoms with E-state index in [1.807, 2.05) is 0 Å². The normalized spacial score (nSPS) is 13.9. The maximum Gasteiger partial charge on any atom is 0.321 e. The third-order valence-corrected chi connectivity index (χ3v) is 4.69. The van der Waals surface area contributed by atoms with Crippen LogP contribution in [0, 0.1) is 0 Å². The van der Waals surface area contributed by atoms with E-state index in [0.29, 0.717) is 0 Å². The van der Waals surface area contributed by atoms with E-state index in [1.54, 1.807) is 11.7 Å². The molecule has 4 nitrogen and oxygen atoms in total. The van der Waals surface area contributed by atoms with E-state index in [9.17, 15) is 9.00 Å². The third kappa shape index (κ3) is 2.39. The summed E-state index contributed by atoms with van der Waals surface area (Å²) in [6.45, 7) is 2.93. The van der Waals surface area contributed by atoms with Crippen LogP contribution in [0.2, 0.25) is 0 Å². The molecule has 0 aliphatic carbocycles. The minimum absolute atomic E-state index is 0.254. The Hall–Kier alpha value is -0.750. The van der Waals surface area contributed by atoms with Crippen LogP contribution in [0.15, 0.2) is 11.7 Å². The number of thiazole rings is 1. The van der Waals surface area contributed by atoms with Crippen molar-refractivity contribution >= 4 is 28.1 Å².